The zero-order valence-corrected chi connectivity index (χ0v) is 21.6. The Morgan fingerprint density at radius 1 is 0.921 bits per heavy atom. The van der Waals surface area contributed by atoms with Crippen LogP contribution >= 0.6 is 23.4 Å². The lowest BCUT2D eigenvalue weighted by Gasteiger charge is -2.33. The number of nitro benzene ring substituents is 1. The molecule has 0 spiro atoms. The first-order chi connectivity index (χ1) is 18.5. The van der Waals surface area contributed by atoms with Crippen molar-refractivity contribution in [2.75, 3.05) is 11.4 Å². The fourth-order valence-electron chi connectivity index (χ4n) is 4.91. The molecule has 0 fully saturated rings. The molecule has 9 heteroatoms. The third kappa shape index (κ3) is 4.42. The number of benzene rings is 4. The van der Waals surface area contributed by atoms with Gasteiger partial charge in [-0.3, -0.25) is 24.8 Å². The largest absolute Gasteiger partial charge is 0.279 e. The lowest BCUT2D eigenvalue weighted by molar-refractivity contribution is -0.386. The maximum atomic E-state index is 14.0. The molecule has 0 saturated heterocycles. The van der Waals surface area contributed by atoms with Crippen LogP contribution in [0.1, 0.15) is 23.6 Å². The van der Waals surface area contributed by atoms with Crippen LogP contribution in [0.3, 0.4) is 0 Å². The van der Waals surface area contributed by atoms with Gasteiger partial charge in [0.2, 0.25) is 0 Å². The van der Waals surface area contributed by atoms with Crippen molar-refractivity contribution < 1.29 is 9.72 Å². The maximum Gasteiger partial charge on any atom is 0.274 e. The first-order valence-corrected chi connectivity index (χ1v) is 13.2. The minimum Gasteiger partial charge on any atom is -0.279 e. The highest BCUT2D eigenvalue weighted by Gasteiger charge is 2.36. The van der Waals surface area contributed by atoms with Gasteiger partial charge in [0.15, 0.2) is 0 Å². The second-order valence-electron chi connectivity index (χ2n) is 8.95. The molecule has 0 radical (unpaired) electrons. The lowest BCUT2D eigenvalue weighted by atomic mass is 9.97. The summed E-state index contributed by atoms with van der Waals surface area (Å²) in [6.07, 6.45) is 0.419. The van der Waals surface area contributed by atoms with Crippen LogP contribution in [0.25, 0.3) is 0 Å². The molecule has 0 bridgehead atoms. The number of anilines is 2. The minimum absolute atomic E-state index is 0.00701. The van der Waals surface area contributed by atoms with Crippen molar-refractivity contribution in [2.24, 2.45) is 5.10 Å². The van der Waals surface area contributed by atoms with Crippen LogP contribution in [-0.2, 0) is 4.79 Å². The summed E-state index contributed by atoms with van der Waals surface area (Å²) in [5.41, 5.74) is 3.75. The molecular weight excluding hydrogens is 520 g/mol. The number of hydrazone groups is 1. The Bertz CT molecular complexity index is 1550. The standard InChI is InChI=1S/C29H21ClN4O3S/c30-20-15-13-19(14-16-20)22-17-26(21-7-1-2-8-23(21)34(36)37)32(31-22)18-29(35)33-24-9-3-5-11-27(24)38-28-12-6-4-10-25(28)33/h1-16,26H,17-18H2. The van der Waals surface area contributed by atoms with Crippen molar-refractivity contribution in [1.29, 1.82) is 0 Å². The maximum absolute atomic E-state index is 14.0. The van der Waals surface area contributed by atoms with E-state index in [-0.39, 0.29) is 23.1 Å². The Hall–Kier alpha value is -4.14. The fraction of sp³-hybridized carbons (Fsp3) is 0.103. The van der Waals surface area contributed by atoms with Gasteiger partial charge in [-0.2, -0.15) is 5.10 Å². The van der Waals surface area contributed by atoms with E-state index < -0.39 is 6.04 Å². The molecule has 0 saturated carbocycles. The first-order valence-electron chi connectivity index (χ1n) is 12.0. The summed E-state index contributed by atoms with van der Waals surface area (Å²) in [5.74, 6) is -0.171. The van der Waals surface area contributed by atoms with Gasteiger partial charge in [0.25, 0.3) is 11.6 Å². The van der Waals surface area contributed by atoms with Crippen molar-refractivity contribution in [3.63, 3.8) is 0 Å². The Labute approximate surface area is 228 Å². The number of fused-ring (bicyclic) bond motifs is 2. The third-order valence-electron chi connectivity index (χ3n) is 6.64. The van der Waals surface area contributed by atoms with Crippen LogP contribution in [0.2, 0.25) is 5.02 Å². The molecule has 0 N–H and O–H groups in total. The number of halogens is 1. The topological polar surface area (TPSA) is 79.0 Å². The molecule has 0 aromatic heterocycles. The van der Waals surface area contributed by atoms with Crippen molar-refractivity contribution in [3.05, 3.63) is 123 Å². The number of hydrogen-bond donors (Lipinski definition) is 0. The Kier molecular flexibility index (Phi) is 6.35. The van der Waals surface area contributed by atoms with E-state index in [1.807, 2.05) is 60.7 Å². The smallest absolute Gasteiger partial charge is 0.274 e. The molecular formula is C29H21ClN4O3S. The molecule has 1 atom stereocenters. The predicted octanol–water partition coefficient (Wildman–Crippen LogP) is 7.23. The summed E-state index contributed by atoms with van der Waals surface area (Å²) in [6.45, 7) is -0.0544. The highest BCUT2D eigenvalue weighted by molar-refractivity contribution is 7.99. The van der Waals surface area contributed by atoms with Crippen molar-refractivity contribution in [3.8, 4) is 0 Å². The van der Waals surface area contributed by atoms with Gasteiger partial charge in [0.1, 0.15) is 6.54 Å². The van der Waals surface area contributed by atoms with E-state index in [4.69, 9.17) is 16.7 Å². The molecule has 1 amide bonds. The number of carbonyl (C=O) groups is 1. The highest BCUT2D eigenvalue weighted by atomic mass is 35.5. The monoisotopic (exact) mass is 540 g/mol. The van der Waals surface area contributed by atoms with E-state index in [9.17, 15) is 14.9 Å². The summed E-state index contributed by atoms with van der Waals surface area (Å²) in [6, 6.07) is 29.1. The van der Waals surface area contributed by atoms with Crippen LogP contribution in [0.4, 0.5) is 17.1 Å². The van der Waals surface area contributed by atoms with Gasteiger partial charge in [-0.1, -0.05) is 71.9 Å². The minimum atomic E-state index is -0.476. The van der Waals surface area contributed by atoms with E-state index in [0.29, 0.717) is 17.0 Å². The Morgan fingerprint density at radius 3 is 2.18 bits per heavy atom. The van der Waals surface area contributed by atoms with Crippen molar-refractivity contribution >= 4 is 52.0 Å². The number of para-hydroxylation sites is 3. The van der Waals surface area contributed by atoms with Crippen LogP contribution in [0.5, 0.6) is 0 Å². The number of amides is 1. The molecule has 4 aromatic carbocycles. The molecule has 2 heterocycles. The summed E-state index contributed by atoms with van der Waals surface area (Å²) in [7, 11) is 0. The van der Waals surface area contributed by atoms with E-state index in [0.717, 1.165) is 32.4 Å². The van der Waals surface area contributed by atoms with E-state index >= 15 is 0 Å². The van der Waals surface area contributed by atoms with Crippen LogP contribution < -0.4 is 4.90 Å². The molecule has 188 valence electrons. The van der Waals surface area contributed by atoms with Gasteiger partial charge in [-0.05, 0) is 48.0 Å². The molecule has 4 aromatic rings. The second kappa shape index (κ2) is 9.96. The van der Waals surface area contributed by atoms with Gasteiger partial charge in [0.05, 0.1) is 33.6 Å². The third-order valence-corrected chi connectivity index (χ3v) is 8.03. The number of hydrogen-bond acceptors (Lipinski definition) is 6. The van der Waals surface area contributed by atoms with Gasteiger partial charge < -0.3 is 0 Å². The predicted molar refractivity (Wildman–Crippen MR) is 149 cm³/mol. The summed E-state index contributed by atoms with van der Waals surface area (Å²) < 4.78 is 0. The number of carbonyl (C=O) groups excluding carboxylic acids is 1. The normalized spacial score (nSPS) is 16.0. The van der Waals surface area contributed by atoms with Gasteiger partial charge >= 0.3 is 0 Å². The van der Waals surface area contributed by atoms with Crippen molar-refractivity contribution in [1.82, 2.24) is 5.01 Å². The number of nitro groups is 1. The van der Waals surface area contributed by atoms with Crippen LogP contribution in [0, 0.1) is 10.1 Å². The van der Waals surface area contributed by atoms with Crippen LogP contribution in [-0.4, -0.2) is 28.1 Å². The molecule has 2 aliphatic rings. The van der Waals surface area contributed by atoms with E-state index in [2.05, 4.69) is 0 Å². The zero-order chi connectivity index (χ0) is 26.2. The fourth-order valence-corrected chi connectivity index (χ4v) is 6.09. The van der Waals surface area contributed by atoms with Gasteiger partial charge in [0, 0.05) is 27.3 Å². The van der Waals surface area contributed by atoms with Gasteiger partial charge in [-0.25, -0.2) is 0 Å². The van der Waals surface area contributed by atoms with Crippen LogP contribution in [0.15, 0.2) is 112 Å². The molecule has 7 nitrogen and oxygen atoms in total. The van der Waals surface area contributed by atoms with Crippen molar-refractivity contribution in [2.45, 2.75) is 22.3 Å². The Morgan fingerprint density at radius 2 is 1.53 bits per heavy atom. The zero-order valence-electron chi connectivity index (χ0n) is 20.0. The molecule has 38 heavy (non-hydrogen) atoms. The summed E-state index contributed by atoms with van der Waals surface area (Å²) in [5, 5.41) is 19.0. The summed E-state index contributed by atoms with van der Waals surface area (Å²) >= 11 is 7.71. The Balaban J connectivity index is 1.40. The number of nitrogens with zero attached hydrogens (tertiary/aromatic N) is 4. The summed E-state index contributed by atoms with van der Waals surface area (Å²) in [4.78, 5) is 29.2. The first kappa shape index (κ1) is 24.2. The molecule has 2 aliphatic heterocycles. The molecule has 1 unspecified atom stereocenters. The lowest BCUT2D eigenvalue weighted by Crippen LogP contribution is -2.37. The SMILES string of the molecule is O=C(CN1N=C(c2ccc(Cl)cc2)CC1c1ccccc1[N+](=O)[O-])N1c2ccccc2Sc2ccccc21. The number of rotatable bonds is 5. The van der Waals surface area contributed by atoms with Gasteiger partial charge in [-0.15, -0.1) is 0 Å². The van der Waals surface area contributed by atoms with E-state index in [1.165, 1.54) is 6.07 Å². The second-order valence-corrected chi connectivity index (χ2v) is 10.5. The average Bonchev–Trinajstić information content (AvgIpc) is 3.35. The highest BCUT2D eigenvalue weighted by Crippen LogP contribution is 2.48. The molecule has 6 rings (SSSR count). The molecule has 0 aliphatic carbocycles. The average molecular weight is 541 g/mol. The van der Waals surface area contributed by atoms with E-state index in [1.54, 1.807) is 52.0 Å². The quantitative estimate of drug-likeness (QED) is 0.197.